The number of ether oxygens (including phenoxy) is 3. The van der Waals surface area contributed by atoms with Gasteiger partial charge in [-0.05, 0) is 29.8 Å². The van der Waals surface area contributed by atoms with Gasteiger partial charge >= 0.3 is 0 Å². The Hall–Kier alpha value is -4.52. The highest BCUT2D eigenvalue weighted by Crippen LogP contribution is 2.32. The van der Waals surface area contributed by atoms with E-state index in [-0.39, 0.29) is 24.4 Å². The van der Waals surface area contributed by atoms with Gasteiger partial charge in [-0.1, -0.05) is 6.07 Å². The van der Waals surface area contributed by atoms with Crippen LogP contribution in [-0.4, -0.2) is 59.2 Å². The minimum atomic E-state index is -0.463. The third-order valence-corrected chi connectivity index (χ3v) is 5.01. The van der Waals surface area contributed by atoms with E-state index < -0.39 is 4.92 Å². The predicted molar refractivity (Wildman–Crippen MR) is 123 cm³/mol. The summed E-state index contributed by atoms with van der Waals surface area (Å²) in [7, 11) is 0. The quantitative estimate of drug-likeness (QED) is 0.302. The van der Waals surface area contributed by atoms with Gasteiger partial charge in [0.25, 0.3) is 5.69 Å². The summed E-state index contributed by atoms with van der Waals surface area (Å²) >= 11 is 0. The Bertz CT molecular complexity index is 1230. The molecule has 0 spiro atoms. The first-order valence-corrected chi connectivity index (χ1v) is 10.4. The highest BCUT2D eigenvalue weighted by Gasteiger charge is 2.17. The standard InChI is InChI=1S/C21H20N8O5/c30-29(31)16-3-1-2-15(11-16)23-19-24-20(26-21(25-19)28-6-8-32-9-7-28)27-22-12-14-4-5-17-18(10-14)34-13-33-17/h1-5,10-12H,6-9,13H2,(H2,23,24,25,26,27)/b22-12+. The zero-order chi connectivity index (χ0) is 23.3. The van der Waals surface area contributed by atoms with Gasteiger partial charge in [0.15, 0.2) is 11.5 Å². The number of morpholine rings is 1. The van der Waals surface area contributed by atoms with Crippen LogP contribution >= 0.6 is 0 Å². The summed E-state index contributed by atoms with van der Waals surface area (Å²) in [6.45, 7) is 2.57. The smallest absolute Gasteiger partial charge is 0.271 e. The molecule has 0 bridgehead atoms. The number of nitro groups is 1. The molecule has 2 aliphatic rings. The Morgan fingerprint density at radius 3 is 2.71 bits per heavy atom. The van der Waals surface area contributed by atoms with E-state index in [0.29, 0.717) is 49.4 Å². The minimum absolute atomic E-state index is 0.0425. The monoisotopic (exact) mass is 464 g/mol. The molecule has 13 heteroatoms. The SMILES string of the molecule is O=[N+]([O-])c1cccc(Nc2nc(N/N=C/c3ccc4c(c3)OCO4)nc(N3CCOCC3)n2)c1. The largest absolute Gasteiger partial charge is 0.454 e. The van der Waals surface area contributed by atoms with Crippen LogP contribution in [0.2, 0.25) is 0 Å². The summed E-state index contributed by atoms with van der Waals surface area (Å²) in [6.07, 6.45) is 1.60. The van der Waals surface area contributed by atoms with Crippen molar-refractivity contribution in [1.29, 1.82) is 0 Å². The van der Waals surface area contributed by atoms with Crippen LogP contribution in [-0.2, 0) is 4.74 Å². The maximum atomic E-state index is 11.1. The number of hydrogen-bond donors (Lipinski definition) is 2. The maximum Gasteiger partial charge on any atom is 0.271 e. The number of hydrogen-bond acceptors (Lipinski definition) is 12. The molecule has 0 atom stereocenters. The molecule has 2 aromatic carbocycles. The van der Waals surface area contributed by atoms with E-state index >= 15 is 0 Å². The number of nitrogens with one attached hydrogen (secondary N) is 2. The van der Waals surface area contributed by atoms with E-state index in [1.54, 1.807) is 18.3 Å². The number of benzene rings is 2. The fraction of sp³-hybridized carbons (Fsp3) is 0.238. The molecule has 2 aliphatic heterocycles. The van der Waals surface area contributed by atoms with Crippen molar-refractivity contribution in [3.8, 4) is 11.5 Å². The van der Waals surface area contributed by atoms with Gasteiger partial charge < -0.3 is 24.4 Å². The Balaban J connectivity index is 1.38. The van der Waals surface area contributed by atoms with Crippen LogP contribution in [0.5, 0.6) is 11.5 Å². The lowest BCUT2D eigenvalue weighted by Gasteiger charge is -2.27. The number of fused-ring (bicyclic) bond motifs is 1. The Morgan fingerprint density at radius 2 is 1.85 bits per heavy atom. The van der Waals surface area contributed by atoms with Crippen LogP contribution in [0.3, 0.4) is 0 Å². The number of aromatic nitrogens is 3. The van der Waals surface area contributed by atoms with Gasteiger partial charge in [-0.25, -0.2) is 5.43 Å². The molecule has 1 saturated heterocycles. The number of anilines is 4. The van der Waals surface area contributed by atoms with Crippen molar-refractivity contribution >= 4 is 35.4 Å². The topological polar surface area (TPSA) is 149 Å². The first kappa shape index (κ1) is 21.3. The van der Waals surface area contributed by atoms with E-state index in [0.717, 1.165) is 5.56 Å². The van der Waals surface area contributed by atoms with Crippen LogP contribution in [0.15, 0.2) is 47.6 Å². The van der Waals surface area contributed by atoms with Gasteiger partial charge in [0.05, 0.1) is 24.4 Å². The second-order valence-corrected chi connectivity index (χ2v) is 7.30. The van der Waals surface area contributed by atoms with Gasteiger partial charge in [0.1, 0.15) is 0 Å². The Labute approximate surface area is 193 Å². The molecule has 0 aliphatic carbocycles. The van der Waals surface area contributed by atoms with Gasteiger partial charge in [-0.2, -0.15) is 20.1 Å². The summed E-state index contributed by atoms with van der Waals surface area (Å²) in [5.41, 5.74) is 4.06. The number of nitrogens with zero attached hydrogens (tertiary/aromatic N) is 6. The Kier molecular flexibility index (Phi) is 5.99. The van der Waals surface area contributed by atoms with Crippen molar-refractivity contribution in [2.75, 3.05) is 48.7 Å². The van der Waals surface area contributed by atoms with E-state index in [9.17, 15) is 10.1 Å². The van der Waals surface area contributed by atoms with Crippen molar-refractivity contribution in [2.45, 2.75) is 0 Å². The van der Waals surface area contributed by atoms with E-state index in [1.807, 2.05) is 23.1 Å². The number of non-ortho nitro benzene ring substituents is 1. The van der Waals surface area contributed by atoms with E-state index in [2.05, 4.69) is 30.8 Å². The molecule has 0 radical (unpaired) electrons. The molecule has 1 fully saturated rings. The van der Waals surface area contributed by atoms with E-state index in [4.69, 9.17) is 14.2 Å². The van der Waals surface area contributed by atoms with Crippen molar-refractivity contribution in [1.82, 2.24) is 15.0 Å². The van der Waals surface area contributed by atoms with Gasteiger partial charge in [0, 0.05) is 30.9 Å². The zero-order valence-corrected chi connectivity index (χ0v) is 17.9. The lowest BCUT2D eigenvalue weighted by molar-refractivity contribution is -0.384. The van der Waals surface area contributed by atoms with Crippen LogP contribution < -0.4 is 25.1 Å². The van der Waals surface area contributed by atoms with Crippen molar-refractivity contribution < 1.29 is 19.1 Å². The van der Waals surface area contributed by atoms with Crippen molar-refractivity contribution in [3.05, 3.63) is 58.1 Å². The van der Waals surface area contributed by atoms with Gasteiger partial charge in [0.2, 0.25) is 24.6 Å². The van der Waals surface area contributed by atoms with Crippen LogP contribution in [0.25, 0.3) is 0 Å². The number of hydrazone groups is 1. The van der Waals surface area contributed by atoms with Crippen LogP contribution in [0.1, 0.15) is 5.56 Å². The van der Waals surface area contributed by atoms with Crippen LogP contribution in [0, 0.1) is 10.1 Å². The number of rotatable bonds is 7. The van der Waals surface area contributed by atoms with Crippen LogP contribution in [0.4, 0.5) is 29.2 Å². The molecule has 13 nitrogen and oxygen atoms in total. The average molecular weight is 464 g/mol. The molecule has 5 rings (SSSR count). The predicted octanol–water partition coefficient (Wildman–Crippen LogP) is 2.53. The summed E-state index contributed by atoms with van der Waals surface area (Å²) in [5, 5.41) is 18.3. The second kappa shape index (κ2) is 9.54. The molecular formula is C21H20N8O5. The Morgan fingerprint density at radius 1 is 1.03 bits per heavy atom. The third kappa shape index (κ3) is 4.94. The fourth-order valence-electron chi connectivity index (χ4n) is 3.36. The van der Waals surface area contributed by atoms with E-state index in [1.165, 1.54) is 12.1 Å². The van der Waals surface area contributed by atoms with Crippen molar-refractivity contribution in [3.63, 3.8) is 0 Å². The molecular weight excluding hydrogens is 444 g/mol. The third-order valence-electron chi connectivity index (χ3n) is 5.01. The molecule has 174 valence electrons. The molecule has 3 aromatic rings. The number of nitro benzene ring substituents is 1. The molecule has 2 N–H and O–H groups in total. The first-order valence-electron chi connectivity index (χ1n) is 10.4. The molecule has 3 heterocycles. The highest BCUT2D eigenvalue weighted by molar-refractivity contribution is 5.81. The maximum absolute atomic E-state index is 11.1. The zero-order valence-electron chi connectivity index (χ0n) is 17.9. The minimum Gasteiger partial charge on any atom is -0.454 e. The molecule has 0 unspecified atom stereocenters. The summed E-state index contributed by atoms with van der Waals surface area (Å²) in [4.78, 5) is 25.9. The van der Waals surface area contributed by atoms with Gasteiger partial charge in [-0.15, -0.1) is 0 Å². The first-order chi connectivity index (χ1) is 16.6. The lowest BCUT2D eigenvalue weighted by Crippen LogP contribution is -2.37. The summed E-state index contributed by atoms with van der Waals surface area (Å²) < 4.78 is 16.1. The molecule has 0 saturated carbocycles. The highest BCUT2D eigenvalue weighted by atomic mass is 16.7. The average Bonchev–Trinajstić information content (AvgIpc) is 3.33. The second-order valence-electron chi connectivity index (χ2n) is 7.30. The van der Waals surface area contributed by atoms with Gasteiger partial charge in [-0.3, -0.25) is 10.1 Å². The lowest BCUT2D eigenvalue weighted by atomic mass is 10.2. The van der Waals surface area contributed by atoms with Crippen molar-refractivity contribution in [2.24, 2.45) is 5.10 Å². The fourth-order valence-corrected chi connectivity index (χ4v) is 3.36. The molecule has 1 aromatic heterocycles. The molecule has 0 amide bonds. The summed E-state index contributed by atoms with van der Waals surface area (Å²) in [6, 6.07) is 11.6. The normalized spacial score (nSPS) is 14.9. The molecule has 34 heavy (non-hydrogen) atoms. The summed E-state index contributed by atoms with van der Waals surface area (Å²) in [5.74, 6) is 2.21.